The van der Waals surface area contributed by atoms with Gasteiger partial charge in [0, 0.05) is 18.8 Å². The first-order valence-electron chi connectivity index (χ1n) is 10.3. The van der Waals surface area contributed by atoms with Gasteiger partial charge in [0.05, 0.1) is 17.5 Å². The highest BCUT2D eigenvalue weighted by molar-refractivity contribution is 7.89. The fourth-order valence-corrected chi connectivity index (χ4v) is 4.20. The third-order valence-corrected chi connectivity index (χ3v) is 6.45. The third kappa shape index (κ3) is 6.59. The average molecular weight is 464 g/mol. The molecule has 2 amide bonds. The zero-order valence-electron chi connectivity index (χ0n) is 17.7. The number of amides is 2. The largest absolute Gasteiger partial charge is 0.376 e. The van der Waals surface area contributed by atoms with E-state index in [4.69, 9.17) is 4.74 Å². The molecule has 2 aromatic rings. The van der Waals surface area contributed by atoms with E-state index >= 15 is 0 Å². The van der Waals surface area contributed by atoms with E-state index < -0.39 is 34.2 Å². The summed E-state index contributed by atoms with van der Waals surface area (Å²) in [6.45, 7) is 1.90. The molecule has 0 aromatic heterocycles. The molecule has 3 rings (SSSR count). The highest BCUT2D eigenvalue weighted by Gasteiger charge is 2.23. The summed E-state index contributed by atoms with van der Waals surface area (Å²) in [5.41, 5.74) is 1.18. The third-order valence-electron chi connectivity index (χ3n) is 5.04. The van der Waals surface area contributed by atoms with Gasteiger partial charge in [0.1, 0.15) is 12.4 Å². The van der Waals surface area contributed by atoms with Crippen molar-refractivity contribution in [3.63, 3.8) is 0 Å². The zero-order valence-corrected chi connectivity index (χ0v) is 18.5. The van der Waals surface area contributed by atoms with Gasteiger partial charge in [0.2, 0.25) is 21.8 Å². The van der Waals surface area contributed by atoms with Crippen LogP contribution in [-0.4, -0.2) is 52.6 Å². The molecule has 10 heteroatoms. The number of ether oxygens (including phenoxy) is 1. The second-order valence-corrected chi connectivity index (χ2v) is 9.30. The van der Waals surface area contributed by atoms with Gasteiger partial charge >= 0.3 is 0 Å². The van der Waals surface area contributed by atoms with Crippen molar-refractivity contribution in [2.45, 2.75) is 30.8 Å². The molecule has 0 unspecified atom stereocenters. The smallest absolute Gasteiger partial charge is 0.242 e. The minimum Gasteiger partial charge on any atom is -0.376 e. The Labute approximate surface area is 186 Å². The van der Waals surface area contributed by atoms with E-state index in [9.17, 15) is 22.4 Å². The molecule has 0 radical (unpaired) electrons. The monoisotopic (exact) mass is 463 g/mol. The minimum atomic E-state index is -3.92. The first-order chi connectivity index (χ1) is 15.2. The number of rotatable bonds is 9. The SMILES string of the molecule is Cc1ccc(S(=O)(=O)NCC(=O)N(CC(=O)NC[C@H]2CCCO2)c2ccc(F)cc2)cc1. The highest BCUT2D eigenvalue weighted by Crippen LogP contribution is 2.16. The summed E-state index contributed by atoms with van der Waals surface area (Å²) in [6, 6.07) is 11.2. The maximum absolute atomic E-state index is 13.3. The molecule has 0 spiro atoms. The Morgan fingerprint density at radius 3 is 2.44 bits per heavy atom. The lowest BCUT2D eigenvalue weighted by molar-refractivity contribution is -0.123. The van der Waals surface area contributed by atoms with Crippen molar-refractivity contribution in [3.05, 3.63) is 59.9 Å². The van der Waals surface area contributed by atoms with E-state index in [1.807, 2.05) is 6.92 Å². The van der Waals surface area contributed by atoms with E-state index in [0.29, 0.717) is 13.2 Å². The molecule has 1 saturated heterocycles. The Morgan fingerprint density at radius 2 is 1.81 bits per heavy atom. The van der Waals surface area contributed by atoms with Crippen molar-refractivity contribution in [2.75, 3.05) is 31.1 Å². The van der Waals surface area contributed by atoms with Crippen LogP contribution < -0.4 is 14.9 Å². The Bertz CT molecular complexity index is 1040. The molecule has 1 aliphatic rings. The molecule has 0 bridgehead atoms. The quantitative estimate of drug-likeness (QED) is 0.590. The lowest BCUT2D eigenvalue weighted by atomic mass is 10.2. The van der Waals surface area contributed by atoms with Gasteiger partial charge in [-0.15, -0.1) is 0 Å². The molecule has 0 saturated carbocycles. The van der Waals surface area contributed by atoms with Crippen LogP contribution in [0.15, 0.2) is 53.4 Å². The number of sulfonamides is 1. The predicted molar refractivity (Wildman–Crippen MR) is 117 cm³/mol. The second kappa shape index (κ2) is 10.7. The molecule has 1 aliphatic heterocycles. The van der Waals surface area contributed by atoms with Crippen LogP contribution in [0.1, 0.15) is 18.4 Å². The molecule has 172 valence electrons. The number of halogens is 1. The van der Waals surface area contributed by atoms with E-state index in [-0.39, 0.29) is 23.2 Å². The Balaban J connectivity index is 1.67. The summed E-state index contributed by atoms with van der Waals surface area (Å²) in [5, 5.41) is 2.72. The van der Waals surface area contributed by atoms with Crippen molar-refractivity contribution >= 4 is 27.5 Å². The van der Waals surface area contributed by atoms with Gasteiger partial charge in [0.15, 0.2) is 0 Å². The molecule has 0 aliphatic carbocycles. The molecular formula is C22H26FN3O5S. The molecule has 32 heavy (non-hydrogen) atoms. The topological polar surface area (TPSA) is 105 Å². The van der Waals surface area contributed by atoms with Gasteiger partial charge in [-0.25, -0.2) is 17.5 Å². The number of nitrogens with zero attached hydrogens (tertiary/aromatic N) is 1. The number of anilines is 1. The summed E-state index contributed by atoms with van der Waals surface area (Å²) in [6.07, 6.45) is 1.72. The number of benzene rings is 2. The first kappa shape index (κ1) is 23.8. The first-order valence-corrected chi connectivity index (χ1v) is 11.7. The number of hydrogen-bond donors (Lipinski definition) is 2. The summed E-state index contributed by atoms with van der Waals surface area (Å²) in [7, 11) is -3.92. The number of aryl methyl sites for hydroxylation is 1. The van der Waals surface area contributed by atoms with Crippen LogP contribution in [0.5, 0.6) is 0 Å². The van der Waals surface area contributed by atoms with E-state index in [2.05, 4.69) is 10.0 Å². The summed E-state index contributed by atoms with van der Waals surface area (Å²) >= 11 is 0. The van der Waals surface area contributed by atoms with Crippen molar-refractivity contribution in [1.29, 1.82) is 0 Å². The number of carbonyl (C=O) groups is 2. The van der Waals surface area contributed by atoms with Gasteiger partial charge in [-0.2, -0.15) is 0 Å². The molecule has 2 N–H and O–H groups in total. The second-order valence-electron chi connectivity index (χ2n) is 7.53. The average Bonchev–Trinajstić information content (AvgIpc) is 3.29. The zero-order chi connectivity index (χ0) is 23.1. The fourth-order valence-electron chi connectivity index (χ4n) is 3.23. The van der Waals surface area contributed by atoms with Gasteiger partial charge < -0.3 is 15.0 Å². The van der Waals surface area contributed by atoms with Crippen LogP contribution >= 0.6 is 0 Å². The lowest BCUT2D eigenvalue weighted by Crippen LogP contribution is -2.46. The molecule has 1 fully saturated rings. The van der Waals surface area contributed by atoms with E-state index in [1.54, 1.807) is 12.1 Å². The van der Waals surface area contributed by atoms with Gasteiger partial charge in [-0.3, -0.25) is 9.59 Å². The van der Waals surface area contributed by atoms with Crippen molar-refractivity contribution in [3.8, 4) is 0 Å². The van der Waals surface area contributed by atoms with Crippen molar-refractivity contribution in [2.24, 2.45) is 0 Å². The predicted octanol–water partition coefficient (Wildman–Crippen LogP) is 1.74. The van der Waals surface area contributed by atoms with Gasteiger partial charge in [0.25, 0.3) is 0 Å². The van der Waals surface area contributed by atoms with Gasteiger partial charge in [-0.05, 0) is 56.2 Å². The van der Waals surface area contributed by atoms with Crippen LogP contribution in [0.2, 0.25) is 0 Å². The van der Waals surface area contributed by atoms with E-state index in [0.717, 1.165) is 35.4 Å². The standard InChI is InChI=1S/C22H26FN3O5S/c1-16-4-10-20(11-5-16)32(29,30)25-14-22(28)26(18-8-6-17(23)7-9-18)15-21(27)24-13-19-3-2-12-31-19/h4-11,19,25H,2-3,12-15H2,1H3,(H,24,27)/t19-/m1/s1. The van der Waals surface area contributed by atoms with Crippen LogP contribution in [0.25, 0.3) is 0 Å². The number of nitrogens with one attached hydrogen (secondary N) is 2. The van der Waals surface area contributed by atoms with Crippen molar-refractivity contribution in [1.82, 2.24) is 10.0 Å². The van der Waals surface area contributed by atoms with Gasteiger partial charge in [-0.1, -0.05) is 17.7 Å². The molecular weight excluding hydrogens is 437 g/mol. The Hall–Kier alpha value is -2.82. The van der Waals surface area contributed by atoms with Crippen LogP contribution in [-0.2, 0) is 24.3 Å². The normalized spacial score (nSPS) is 16.0. The highest BCUT2D eigenvalue weighted by atomic mass is 32.2. The van der Waals surface area contributed by atoms with Crippen LogP contribution in [0.4, 0.5) is 10.1 Å². The molecule has 1 heterocycles. The summed E-state index contributed by atoms with van der Waals surface area (Å²) < 4.78 is 46.1. The fraction of sp³-hybridized carbons (Fsp3) is 0.364. The maximum Gasteiger partial charge on any atom is 0.242 e. The maximum atomic E-state index is 13.3. The lowest BCUT2D eigenvalue weighted by Gasteiger charge is -2.23. The number of carbonyl (C=O) groups excluding carboxylic acids is 2. The Kier molecular flexibility index (Phi) is 7.94. The number of hydrogen-bond acceptors (Lipinski definition) is 5. The summed E-state index contributed by atoms with van der Waals surface area (Å²) in [4.78, 5) is 26.4. The van der Waals surface area contributed by atoms with E-state index in [1.165, 1.54) is 24.3 Å². The molecule has 2 aromatic carbocycles. The summed E-state index contributed by atoms with van der Waals surface area (Å²) in [5.74, 6) is -1.58. The van der Waals surface area contributed by atoms with Crippen LogP contribution in [0, 0.1) is 12.7 Å². The van der Waals surface area contributed by atoms with Crippen LogP contribution in [0.3, 0.4) is 0 Å². The molecule has 8 nitrogen and oxygen atoms in total. The molecule has 1 atom stereocenters. The minimum absolute atomic E-state index is 0.0264. The van der Waals surface area contributed by atoms with Crippen molar-refractivity contribution < 1.29 is 27.1 Å². The Morgan fingerprint density at radius 1 is 1.12 bits per heavy atom.